The lowest BCUT2D eigenvalue weighted by Gasteiger charge is -2.35. The van der Waals surface area contributed by atoms with Gasteiger partial charge in [-0.3, -0.25) is 9.69 Å². The molecule has 0 fully saturated rings. The van der Waals surface area contributed by atoms with Gasteiger partial charge in [0, 0.05) is 12.6 Å². The average Bonchev–Trinajstić information content (AvgIpc) is 2.90. The van der Waals surface area contributed by atoms with Crippen LogP contribution in [0.3, 0.4) is 0 Å². The SMILES string of the molecule is COC(=O)C1=C(C(=O)OC)N(c2ccc(OCCNC(C)=O)cc2)C(N)=C(C#N)C1c1ccccc1. The molecule has 0 aliphatic carbocycles. The molecular weight excluding hydrogens is 464 g/mol. The Morgan fingerprint density at radius 2 is 1.67 bits per heavy atom. The first-order valence-electron chi connectivity index (χ1n) is 11.0. The summed E-state index contributed by atoms with van der Waals surface area (Å²) < 4.78 is 15.6. The summed E-state index contributed by atoms with van der Waals surface area (Å²) in [5, 5.41) is 12.7. The quantitative estimate of drug-likeness (QED) is 0.420. The maximum absolute atomic E-state index is 13.0. The fourth-order valence-electron chi connectivity index (χ4n) is 3.87. The third kappa shape index (κ3) is 5.31. The molecule has 0 saturated carbocycles. The van der Waals surface area contributed by atoms with Crippen LogP contribution >= 0.6 is 0 Å². The molecule has 0 radical (unpaired) electrons. The van der Waals surface area contributed by atoms with E-state index in [1.165, 1.54) is 26.0 Å². The number of ether oxygens (including phenoxy) is 3. The number of carbonyl (C=O) groups is 3. The smallest absolute Gasteiger partial charge is 0.355 e. The van der Waals surface area contributed by atoms with E-state index in [1.54, 1.807) is 54.6 Å². The summed E-state index contributed by atoms with van der Waals surface area (Å²) in [5.41, 5.74) is 7.28. The zero-order chi connectivity index (χ0) is 26.2. The van der Waals surface area contributed by atoms with E-state index in [0.29, 0.717) is 23.5 Å². The standard InChI is InChI=1S/C26H26N4O6/c1-16(31)29-13-14-36-19-11-9-18(10-12-19)30-23(26(33)35-3)22(25(32)34-2)21(20(15-27)24(30)28)17-7-5-4-6-8-17/h4-12,21H,13-14,28H2,1-3H3,(H,29,31). The number of hydrogen-bond acceptors (Lipinski definition) is 9. The molecule has 3 N–H and O–H groups in total. The summed E-state index contributed by atoms with van der Waals surface area (Å²) in [7, 11) is 2.38. The topological polar surface area (TPSA) is 144 Å². The third-order valence-corrected chi connectivity index (χ3v) is 5.45. The average molecular weight is 491 g/mol. The van der Waals surface area contributed by atoms with Crippen LogP contribution < -0.4 is 20.7 Å². The number of nitrogens with zero attached hydrogens (tertiary/aromatic N) is 2. The number of carbonyl (C=O) groups excluding carboxylic acids is 3. The van der Waals surface area contributed by atoms with E-state index in [-0.39, 0.29) is 35.2 Å². The van der Waals surface area contributed by atoms with Crippen LogP contribution in [0.1, 0.15) is 18.4 Å². The number of hydrogen-bond donors (Lipinski definition) is 2. The fourth-order valence-corrected chi connectivity index (χ4v) is 3.87. The Balaban J connectivity index is 2.12. The van der Waals surface area contributed by atoms with E-state index >= 15 is 0 Å². The van der Waals surface area contributed by atoms with Gasteiger partial charge in [-0.15, -0.1) is 0 Å². The maximum Gasteiger partial charge on any atom is 0.355 e. The molecule has 0 aromatic heterocycles. The number of nitrogens with one attached hydrogen (secondary N) is 1. The molecule has 1 amide bonds. The van der Waals surface area contributed by atoms with E-state index in [2.05, 4.69) is 11.4 Å². The summed E-state index contributed by atoms with van der Waals surface area (Å²) in [6, 6.07) is 17.4. The van der Waals surface area contributed by atoms with Crippen molar-refractivity contribution in [1.29, 1.82) is 5.26 Å². The van der Waals surface area contributed by atoms with Crippen molar-refractivity contribution >= 4 is 23.5 Å². The largest absolute Gasteiger partial charge is 0.492 e. The van der Waals surface area contributed by atoms with E-state index in [0.717, 1.165) is 0 Å². The Hall–Kier alpha value is -4.78. The first-order chi connectivity index (χ1) is 17.3. The Morgan fingerprint density at radius 1 is 1.03 bits per heavy atom. The predicted octanol–water partition coefficient (Wildman–Crippen LogP) is 2.10. The van der Waals surface area contributed by atoms with Crippen molar-refractivity contribution in [3.8, 4) is 11.8 Å². The molecule has 0 bridgehead atoms. The highest BCUT2D eigenvalue weighted by Crippen LogP contribution is 2.43. The van der Waals surface area contributed by atoms with Gasteiger partial charge >= 0.3 is 11.9 Å². The van der Waals surface area contributed by atoms with Gasteiger partial charge in [0.2, 0.25) is 5.91 Å². The summed E-state index contributed by atoms with van der Waals surface area (Å²) in [6.07, 6.45) is 0. The van der Waals surface area contributed by atoms with Crippen LogP contribution in [0, 0.1) is 11.3 Å². The molecule has 2 aromatic carbocycles. The van der Waals surface area contributed by atoms with Crippen molar-refractivity contribution < 1.29 is 28.6 Å². The van der Waals surface area contributed by atoms with Crippen molar-refractivity contribution in [1.82, 2.24) is 5.32 Å². The number of amides is 1. The molecule has 2 aromatic rings. The van der Waals surface area contributed by atoms with Crippen LogP contribution in [0.15, 0.2) is 77.3 Å². The Labute approximate surface area is 208 Å². The zero-order valence-electron chi connectivity index (χ0n) is 20.1. The summed E-state index contributed by atoms with van der Waals surface area (Å²) in [5.74, 6) is -2.25. The lowest BCUT2D eigenvalue weighted by atomic mass is 9.81. The van der Waals surface area contributed by atoms with E-state index in [4.69, 9.17) is 19.9 Å². The van der Waals surface area contributed by atoms with Crippen molar-refractivity contribution in [3.63, 3.8) is 0 Å². The van der Waals surface area contributed by atoms with Crippen LogP contribution in [0.4, 0.5) is 5.69 Å². The van der Waals surface area contributed by atoms with Crippen molar-refractivity contribution in [2.24, 2.45) is 5.73 Å². The molecule has 1 atom stereocenters. The highest BCUT2D eigenvalue weighted by molar-refractivity contribution is 6.06. The number of rotatable bonds is 8. The molecule has 1 heterocycles. The molecule has 10 heteroatoms. The second-order valence-corrected chi connectivity index (χ2v) is 7.66. The predicted molar refractivity (Wildman–Crippen MR) is 130 cm³/mol. The second kappa shape index (κ2) is 11.6. The molecule has 186 valence electrons. The van der Waals surface area contributed by atoms with Crippen LogP contribution in [-0.4, -0.2) is 45.2 Å². The van der Waals surface area contributed by atoms with Crippen LogP contribution in [-0.2, 0) is 23.9 Å². The van der Waals surface area contributed by atoms with Gasteiger partial charge in [0.05, 0.1) is 43.9 Å². The number of benzene rings is 2. The van der Waals surface area contributed by atoms with Gasteiger partial charge < -0.3 is 25.3 Å². The Kier molecular flexibility index (Phi) is 8.30. The van der Waals surface area contributed by atoms with Gasteiger partial charge in [0.1, 0.15) is 23.9 Å². The zero-order valence-corrected chi connectivity index (χ0v) is 20.1. The van der Waals surface area contributed by atoms with Gasteiger partial charge in [0.25, 0.3) is 0 Å². The van der Waals surface area contributed by atoms with Crippen molar-refractivity contribution in [2.75, 3.05) is 32.3 Å². The molecule has 3 rings (SSSR count). The molecule has 1 aliphatic heterocycles. The number of nitrogens with two attached hydrogens (primary N) is 1. The first kappa shape index (κ1) is 25.8. The molecule has 0 spiro atoms. The Morgan fingerprint density at radius 3 is 2.22 bits per heavy atom. The normalized spacial score (nSPS) is 15.2. The van der Waals surface area contributed by atoms with Crippen molar-refractivity contribution in [3.05, 3.63) is 82.8 Å². The Bertz CT molecular complexity index is 1250. The van der Waals surface area contributed by atoms with Crippen LogP contribution in [0.2, 0.25) is 0 Å². The lowest BCUT2D eigenvalue weighted by Crippen LogP contribution is -2.40. The molecule has 10 nitrogen and oxygen atoms in total. The monoisotopic (exact) mass is 490 g/mol. The van der Waals surface area contributed by atoms with Gasteiger partial charge in [0.15, 0.2) is 0 Å². The van der Waals surface area contributed by atoms with E-state index < -0.39 is 17.9 Å². The number of methoxy groups -OCH3 is 2. The number of anilines is 1. The van der Waals surface area contributed by atoms with Gasteiger partial charge in [-0.05, 0) is 29.8 Å². The van der Waals surface area contributed by atoms with Gasteiger partial charge in [-0.1, -0.05) is 30.3 Å². The highest BCUT2D eigenvalue weighted by Gasteiger charge is 2.42. The highest BCUT2D eigenvalue weighted by atomic mass is 16.5. The fraction of sp³-hybridized carbons (Fsp3) is 0.231. The number of nitriles is 1. The lowest BCUT2D eigenvalue weighted by molar-refractivity contribution is -0.139. The molecule has 1 unspecified atom stereocenters. The van der Waals surface area contributed by atoms with E-state index in [1.807, 2.05) is 0 Å². The molecule has 36 heavy (non-hydrogen) atoms. The minimum atomic E-state index is -0.939. The van der Waals surface area contributed by atoms with E-state index in [9.17, 15) is 19.6 Å². The maximum atomic E-state index is 13.0. The third-order valence-electron chi connectivity index (χ3n) is 5.45. The minimum absolute atomic E-state index is 0.0290. The van der Waals surface area contributed by atoms with Gasteiger partial charge in [-0.25, -0.2) is 9.59 Å². The first-order valence-corrected chi connectivity index (χ1v) is 11.0. The number of esters is 2. The molecule has 1 aliphatic rings. The number of allylic oxidation sites excluding steroid dienone is 1. The summed E-state index contributed by atoms with van der Waals surface area (Å²) in [4.78, 5) is 38.4. The minimum Gasteiger partial charge on any atom is -0.492 e. The summed E-state index contributed by atoms with van der Waals surface area (Å²) >= 11 is 0. The molecule has 0 saturated heterocycles. The van der Waals surface area contributed by atoms with Gasteiger partial charge in [-0.2, -0.15) is 5.26 Å². The summed E-state index contributed by atoms with van der Waals surface area (Å²) in [6.45, 7) is 2.00. The van der Waals surface area contributed by atoms with Crippen molar-refractivity contribution in [2.45, 2.75) is 12.8 Å². The molecular formula is C26H26N4O6. The van der Waals surface area contributed by atoms with Crippen LogP contribution in [0.5, 0.6) is 5.75 Å². The second-order valence-electron chi connectivity index (χ2n) is 7.66. The van der Waals surface area contributed by atoms with Crippen LogP contribution in [0.25, 0.3) is 0 Å².